The van der Waals surface area contributed by atoms with E-state index < -0.39 is 0 Å². The fourth-order valence-electron chi connectivity index (χ4n) is 1.77. The van der Waals surface area contributed by atoms with Gasteiger partial charge in [-0.1, -0.05) is 15.9 Å². The minimum Gasteiger partial charge on any atom is -0.221 e. The molecule has 3 aromatic rings. The van der Waals surface area contributed by atoms with Crippen molar-refractivity contribution in [3.63, 3.8) is 0 Å². The Kier molecular flexibility index (Phi) is 2.63. The summed E-state index contributed by atoms with van der Waals surface area (Å²) >= 11 is 3.32. The molecule has 0 bridgehead atoms. The lowest BCUT2D eigenvalue weighted by atomic mass is 10.2. The molecule has 90 valence electrons. The second-order valence-electron chi connectivity index (χ2n) is 4.07. The van der Waals surface area contributed by atoms with Crippen LogP contribution in [0.4, 0.5) is 4.39 Å². The van der Waals surface area contributed by atoms with Crippen LogP contribution in [-0.2, 0) is 0 Å². The smallest absolute Gasteiger partial charge is 0.185 e. The van der Waals surface area contributed by atoms with Crippen molar-refractivity contribution in [2.45, 2.75) is 6.92 Å². The Bertz CT molecular complexity index is 736. The zero-order chi connectivity index (χ0) is 12.7. The number of nitrogens with zero attached hydrogens (tertiary/aromatic N) is 3. The van der Waals surface area contributed by atoms with Crippen LogP contribution in [0.15, 0.2) is 41.0 Å². The fraction of sp³-hybridized carbons (Fsp3) is 0.0769. The predicted molar refractivity (Wildman–Crippen MR) is 70.8 cm³/mol. The number of benzene rings is 1. The van der Waals surface area contributed by atoms with Gasteiger partial charge in [-0.2, -0.15) is 0 Å². The van der Waals surface area contributed by atoms with Gasteiger partial charge >= 0.3 is 0 Å². The highest BCUT2D eigenvalue weighted by molar-refractivity contribution is 9.10. The van der Waals surface area contributed by atoms with Gasteiger partial charge in [-0.15, -0.1) is 5.10 Å². The van der Waals surface area contributed by atoms with Gasteiger partial charge in [-0.05, 0) is 42.8 Å². The van der Waals surface area contributed by atoms with Crippen molar-refractivity contribution in [1.82, 2.24) is 14.6 Å². The molecule has 0 N–H and O–H groups in total. The minimum absolute atomic E-state index is 0.328. The van der Waals surface area contributed by atoms with Crippen LogP contribution in [0.25, 0.3) is 17.0 Å². The Morgan fingerprint density at radius 1 is 1.22 bits per heavy atom. The molecule has 0 radical (unpaired) electrons. The lowest BCUT2D eigenvalue weighted by Crippen LogP contribution is -1.88. The van der Waals surface area contributed by atoms with Gasteiger partial charge < -0.3 is 0 Å². The molecule has 2 heterocycles. The van der Waals surface area contributed by atoms with Gasteiger partial charge in [0.2, 0.25) is 0 Å². The van der Waals surface area contributed by atoms with Gasteiger partial charge in [0.1, 0.15) is 5.82 Å². The van der Waals surface area contributed by atoms with Gasteiger partial charge in [-0.25, -0.2) is 13.9 Å². The molecule has 0 saturated carbocycles. The van der Waals surface area contributed by atoms with E-state index in [1.165, 1.54) is 6.07 Å². The summed E-state index contributed by atoms with van der Waals surface area (Å²) in [5.74, 6) is 0.0604. The molecule has 0 spiro atoms. The Morgan fingerprint density at radius 3 is 2.89 bits per heavy atom. The average Bonchev–Trinajstić information content (AvgIpc) is 2.74. The summed E-state index contributed by atoms with van der Waals surface area (Å²) in [6, 6.07) is 8.57. The summed E-state index contributed by atoms with van der Waals surface area (Å²) in [5, 5.41) is 4.27. The molecule has 0 atom stereocenters. The van der Waals surface area contributed by atoms with Crippen molar-refractivity contribution in [2.75, 3.05) is 0 Å². The zero-order valence-electron chi connectivity index (χ0n) is 9.56. The van der Waals surface area contributed by atoms with Crippen LogP contribution < -0.4 is 0 Å². The van der Waals surface area contributed by atoms with E-state index in [2.05, 4.69) is 26.0 Å². The summed E-state index contributed by atoms with van der Waals surface area (Å²) in [7, 11) is 0. The largest absolute Gasteiger partial charge is 0.221 e. The molecule has 0 fully saturated rings. The van der Waals surface area contributed by atoms with E-state index in [-0.39, 0.29) is 5.82 Å². The zero-order valence-corrected chi connectivity index (χ0v) is 11.1. The highest BCUT2D eigenvalue weighted by atomic mass is 79.9. The summed E-state index contributed by atoms with van der Waals surface area (Å²) in [5.41, 5.74) is 2.20. The maximum atomic E-state index is 13.8. The topological polar surface area (TPSA) is 30.2 Å². The molecule has 18 heavy (non-hydrogen) atoms. The van der Waals surface area contributed by atoms with Crippen LogP contribution in [-0.4, -0.2) is 14.6 Å². The maximum absolute atomic E-state index is 13.8. The van der Waals surface area contributed by atoms with Crippen molar-refractivity contribution < 1.29 is 4.39 Å². The van der Waals surface area contributed by atoms with Crippen LogP contribution in [0, 0.1) is 12.7 Å². The van der Waals surface area contributed by atoms with Crippen molar-refractivity contribution >= 4 is 21.6 Å². The first-order valence-electron chi connectivity index (χ1n) is 5.42. The first kappa shape index (κ1) is 11.3. The standard InChI is InChI=1S/C13H9BrFN3/c1-8-4-5-18-12(6-8)16-13(17-18)10-7-9(14)2-3-11(10)15/h2-7H,1H3. The molecular formula is C13H9BrFN3. The van der Waals surface area contributed by atoms with E-state index in [1.807, 2.05) is 25.3 Å². The number of aromatic nitrogens is 3. The number of hydrogen-bond donors (Lipinski definition) is 0. The molecule has 0 aliphatic carbocycles. The molecule has 0 aliphatic heterocycles. The van der Waals surface area contributed by atoms with Gasteiger partial charge in [0.25, 0.3) is 0 Å². The van der Waals surface area contributed by atoms with Gasteiger partial charge in [-0.3, -0.25) is 0 Å². The van der Waals surface area contributed by atoms with E-state index in [1.54, 1.807) is 16.6 Å². The third kappa shape index (κ3) is 1.90. The van der Waals surface area contributed by atoms with Crippen molar-refractivity contribution in [3.8, 4) is 11.4 Å². The van der Waals surface area contributed by atoms with Crippen LogP contribution >= 0.6 is 15.9 Å². The van der Waals surface area contributed by atoms with Gasteiger partial charge in [0, 0.05) is 10.7 Å². The number of pyridine rings is 1. The van der Waals surface area contributed by atoms with Crippen molar-refractivity contribution in [3.05, 3.63) is 52.4 Å². The number of rotatable bonds is 1. The fourth-order valence-corrected chi connectivity index (χ4v) is 2.13. The molecule has 5 heteroatoms. The first-order chi connectivity index (χ1) is 8.63. The highest BCUT2D eigenvalue weighted by Gasteiger charge is 2.11. The molecule has 0 unspecified atom stereocenters. The summed E-state index contributed by atoms with van der Waals surface area (Å²) < 4.78 is 16.2. The molecule has 0 amide bonds. The predicted octanol–water partition coefficient (Wildman–Crippen LogP) is 3.61. The monoisotopic (exact) mass is 305 g/mol. The second-order valence-corrected chi connectivity index (χ2v) is 4.98. The van der Waals surface area contributed by atoms with Crippen LogP contribution in [0.1, 0.15) is 5.56 Å². The summed E-state index contributed by atoms with van der Waals surface area (Å²) in [6.07, 6.45) is 1.82. The molecule has 1 aromatic carbocycles. The number of aryl methyl sites for hydroxylation is 1. The number of halogens is 2. The Balaban J connectivity index is 2.22. The lowest BCUT2D eigenvalue weighted by Gasteiger charge is -1.98. The molecule has 0 saturated heterocycles. The van der Waals surface area contributed by atoms with E-state index in [0.717, 1.165) is 10.0 Å². The van der Waals surface area contributed by atoms with E-state index in [0.29, 0.717) is 17.0 Å². The lowest BCUT2D eigenvalue weighted by molar-refractivity contribution is 0.629. The van der Waals surface area contributed by atoms with Gasteiger partial charge in [0.05, 0.1) is 5.56 Å². The molecule has 3 nitrogen and oxygen atoms in total. The Morgan fingerprint density at radius 2 is 2.06 bits per heavy atom. The number of fused-ring (bicyclic) bond motifs is 1. The average molecular weight is 306 g/mol. The van der Waals surface area contributed by atoms with Crippen molar-refractivity contribution in [2.24, 2.45) is 0 Å². The molecule has 3 rings (SSSR count). The SMILES string of the molecule is Cc1ccn2nc(-c3cc(Br)ccc3F)nc2c1. The third-order valence-corrected chi connectivity index (χ3v) is 3.16. The second kappa shape index (κ2) is 4.17. The highest BCUT2D eigenvalue weighted by Crippen LogP contribution is 2.24. The third-order valence-electron chi connectivity index (χ3n) is 2.66. The minimum atomic E-state index is -0.328. The van der Waals surface area contributed by atoms with Crippen molar-refractivity contribution in [1.29, 1.82) is 0 Å². The molecule has 2 aromatic heterocycles. The normalized spacial score (nSPS) is 11.1. The van der Waals surface area contributed by atoms with E-state index in [9.17, 15) is 4.39 Å². The summed E-state index contributed by atoms with van der Waals surface area (Å²) in [6.45, 7) is 1.98. The van der Waals surface area contributed by atoms with E-state index >= 15 is 0 Å². The maximum Gasteiger partial charge on any atom is 0.185 e. The van der Waals surface area contributed by atoms with E-state index in [4.69, 9.17) is 0 Å². The Labute approximate surface area is 111 Å². The molecular weight excluding hydrogens is 297 g/mol. The summed E-state index contributed by atoms with van der Waals surface area (Å²) in [4.78, 5) is 4.34. The van der Waals surface area contributed by atoms with Crippen LogP contribution in [0.3, 0.4) is 0 Å². The van der Waals surface area contributed by atoms with Gasteiger partial charge in [0.15, 0.2) is 11.5 Å². The number of hydrogen-bond acceptors (Lipinski definition) is 2. The quantitative estimate of drug-likeness (QED) is 0.687. The molecule has 0 aliphatic rings. The Hall–Kier alpha value is -1.75. The van der Waals surface area contributed by atoms with Crippen LogP contribution in [0.5, 0.6) is 0 Å². The van der Waals surface area contributed by atoms with Crippen LogP contribution in [0.2, 0.25) is 0 Å². The first-order valence-corrected chi connectivity index (χ1v) is 6.21.